The van der Waals surface area contributed by atoms with Crippen LogP contribution in [0.1, 0.15) is 23.7 Å². The normalized spacial score (nSPS) is 19.7. The van der Waals surface area contributed by atoms with Crippen molar-refractivity contribution in [2.75, 3.05) is 11.5 Å². The van der Waals surface area contributed by atoms with Crippen LogP contribution in [0.15, 0.2) is 24.3 Å². The third kappa shape index (κ3) is 1.78. The van der Waals surface area contributed by atoms with E-state index in [9.17, 15) is 9.59 Å². The number of carbonyl (C=O) groups is 2. The highest BCUT2D eigenvalue weighted by atomic mass is 16.6. The van der Waals surface area contributed by atoms with Crippen LogP contribution in [0.3, 0.4) is 0 Å². The molecule has 0 spiro atoms. The summed E-state index contributed by atoms with van der Waals surface area (Å²) >= 11 is 0. The van der Waals surface area contributed by atoms with Crippen molar-refractivity contribution in [1.29, 1.82) is 0 Å². The standard InChI is InChI=1S/C12H13NO3/c1-2-10-8-16-12(15)13(10)11-5-3-9(7-14)4-6-11/h3-7,10H,2,8H2,1H3/t10-/m0/s1. The highest BCUT2D eigenvalue weighted by Crippen LogP contribution is 2.24. The predicted molar refractivity (Wildman–Crippen MR) is 59.7 cm³/mol. The van der Waals surface area contributed by atoms with Crippen LogP contribution in [0.25, 0.3) is 0 Å². The van der Waals surface area contributed by atoms with Crippen molar-refractivity contribution >= 4 is 18.1 Å². The molecule has 1 aromatic rings. The maximum atomic E-state index is 11.5. The Balaban J connectivity index is 2.27. The summed E-state index contributed by atoms with van der Waals surface area (Å²) in [5.41, 5.74) is 1.38. The molecule has 0 bridgehead atoms. The molecule has 0 radical (unpaired) electrons. The zero-order chi connectivity index (χ0) is 11.5. The third-order valence-electron chi connectivity index (χ3n) is 2.74. The van der Waals surface area contributed by atoms with Gasteiger partial charge in [-0.3, -0.25) is 9.69 Å². The molecule has 1 atom stereocenters. The van der Waals surface area contributed by atoms with Crippen molar-refractivity contribution in [2.45, 2.75) is 19.4 Å². The van der Waals surface area contributed by atoms with Gasteiger partial charge in [-0.15, -0.1) is 0 Å². The monoisotopic (exact) mass is 219 g/mol. The van der Waals surface area contributed by atoms with Gasteiger partial charge in [0.1, 0.15) is 12.9 Å². The molecule has 4 heteroatoms. The Hall–Kier alpha value is -1.84. The Kier molecular flexibility index (Phi) is 2.90. The molecule has 1 saturated heterocycles. The van der Waals surface area contributed by atoms with Crippen molar-refractivity contribution in [3.8, 4) is 0 Å². The molecule has 1 aromatic carbocycles. The van der Waals surface area contributed by atoms with Crippen LogP contribution >= 0.6 is 0 Å². The molecule has 0 aliphatic carbocycles. The summed E-state index contributed by atoms with van der Waals surface area (Å²) in [6.45, 7) is 2.45. The minimum atomic E-state index is -0.314. The smallest absolute Gasteiger partial charge is 0.414 e. The van der Waals surface area contributed by atoms with Crippen molar-refractivity contribution < 1.29 is 14.3 Å². The second-order valence-corrected chi connectivity index (χ2v) is 3.72. The van der Waals surface area contributed by atoms with Crippen molar-refractivity contribution in [3.63, 3.8) is 0 Å². The van der Waals surface area contributed by atoms with Crippen LogP contribution in [-0.2, 0) is 4.74 Å². The Morgan fingerprint density at radius 2 is 2.12 bits per heavy atom. The van der Waals surface area contributed by atoms with E-state index >= 15 is 0 Å². The number of hydrogen-bond acceptors (Lipinski definition) is 3. The molecular formula is C12H13NO3. The van der Waals surface area contributed by atoms with Gasteiger partial charge in [-0.25, -0.2) is 4.79 Å². The lowest BCUT2D eigenvalue weighted by molar-refractivity contribution is 0.112. The van der Waals surface area contributed by atoms with Gasteiger partial charge in [-0.05, 0) is 30.7 Å². The summed E-state index contributed by atoms with van der Waals surface area (Å²) in [7, 11) is 0. The number of carbonyl (C=O) groups excluding carboxylic acids is 2. The average molecular weight is 219 g/mol. The van der Waals surface area contributed by atoms with E-state index in [0.29, 0.717) is 12.2 Å². The molecule has 1 aliphatic rings. The first-order valence-electron chi connectivity index (χ1n) is 5.27. The lowest BCUT2D eigenvalue weighted by Gasteiger charge is -2.19. The molecule has 0 saturated carbocycles. The second-order valence-electron chi connectivity index (χ2n) is 3.72. The quantitative estimate of drug-likeness (QED) is 0.732. The number of cyclic esters (lactones) is 1. The molecule has 1 fully saturated rings. The first-order valence-corrected chi connectivity index (χ1v) is 5.27. The SMILES string of the molecule is CC[C@H]1COC(=O)N1c1ccc(C=O)cc1. The third-order valence-corrected chi connectivity index (χ3v) is 2.74. The zero-order valence-electron chi connectivity index (χ0n) is 9.05. The van der Waals surface area contributed by atoms with E-state index in [1.165, 1.54) is 0 Å². The molecule has 0 aromatic heterocycles. The molecule has 16 heavy (non-hydrogen) atoms. The molecule has 1 heterocycles. The van der Waals surface area contributed by atoms with Gasteiger partial charge >= 0.3 is 6.09 Å². The van der Waals surface area contributed by atoms with Gasteiger partial charge < -0.3 is 4.74 Å². The number of ether oxygens (including phenoxy) is 1. The molecular weight excluding hydrogens is 206 g/mol. The Morgan fingerprint density at radius 1 is 1.44 bits per heavy atom. The highest BCUT2D eigenvalue weighted by molar-refractivity contribution is 5.90. The van der Waals surface area contributed by atoms with Crippen molar-refractivity contribution in [1.82, 2.24) is 0 Å². The number of rotatable bonds is 3. The molecule has 84 valence electrons. The van der Waals surface area contributed by atoms with E-state index in [2.05, 4.69) is 0 Å². The number of aldehydes is 1. The van der Waals surface area contributed by atoms with Crippen LogP contribution in [0, 0.1) is 0 Å². The van der Waals surface area contributed by atoms with E-state index in [4.69, 9.17) is 4.74 Å². The minimum Gasteiger partial charge on any atom is -0.447 e. The van der Waals surface area contributed by atoms with Crippen LogP contribution in [0.2, 0.25) is 0 Å². The van der Waals surface area contributed by atoms with E-state index in [1.54, 1.807) is 29.2 Å². The fourth-order valence-corrected chi connectivity index (χ4v) is 1.79. The van der Waals surface area contributed by atoms with E-state index in [-0.39, 0.29) is 12.1 Å². The van der Waals surface area contributed by atoms with Gasteiger partial charge in [0, 0.05) is 11.3 Å². The zero-order valence-corrected chi connectivity index (χ0v) is 9.05. The number of hydrogen-bond donors (Lipinski definition) is 0. The van der Waals surface area contributed by atoms with Gasteiger partial charge in [0.2, 0.25) is 0 Å². The minimum absolute atomic E-state index is 0.0922. The largest absolute Gasteiger partial charge is 0.447 e. The first kappa shape index (κ1) is 10.7. The number of benzene rings is 1. The molecule has 4 nitrogen and oxygen atoms in total. The van der Waals surface area contributed by atoms with Crippen LogP contribution in [0.4, 0.5) is 10.5 Å². The van der Waals surface area contributed by atoms with Crippen molar-refractivity contribution in [2.24, 2.45) is 0 Å². The van der Waals surface area contributed by atoms with Crippen LogP contribution in [0.5, 0.6) is 0 Å². The average Bonchev–Trinajstić information content (AvgIpc) is 2.70. The molecule has 0 unspecified atom stereocenters. The lowest BCUT2D eigenvalue weighted by atomic mass is 10.1. The van der Waals surface area contributed by atoms with E-state index < -0.39 is 0 Å². The van der Waals surface area contributed by atoms with E-state index in [0.717, 1.165) is 18.4 Å². The topological polar surface area (TPSA) is 46.6 Å². The number of anilines is 1. The highest BCUT2D eigenvalue weighted by Gasteiger charge is 2.32. The molecule has 1 aliphatic heterocycles. The summed E-state index contributed by atoms with van der Waals surface area (Å²) in [5.74, 6) is 0. The fourth-order valence-electron chi connectivity index (χ4n) is 1.79. The number of amides is 1. The van der Waals surface area contributed by atoms with E-state index in [1.807, 2.05) is 6.92 Å². The van der Waals surface area contributed by atoms with Crippen LogP contribution < -0.4 is 4.90 Å². The van der Waals surface area contributed by atoms with Gasteiger partial charge in [0.05, 0.1) is 6.04 Å². The Bertz CT molecular complexity index is 399. The second kappa shape index (κ2) is 4.35. The predicted octanol–water partition coefficient (Wildman–Crippen LogP) is 2.23. The first-order chi connectivity index (χ1) is 7.76. The number of nitrogens with zero attached hydrogens (tertiary/aromatic N) is 1. The van der Waals surface area contributed by atoms with Gasteiger partial charge in [-0.2, -0.15) is 0 Å². The summed E-state index contributed by atoms with van der Waals surface area (Å²) in [6, 6.07) is 7.01. The Labute approximate surface area is 93.8 Å². The summed E-state index contributed by atoms with van der Waals surface area (Å²) < 4.78 is 5.00. The summed E-state index contributed by atoms with van der Waals surface area (Å²) in [4.78, 5) is 23.7. The summed E-state index contributed by atoms with van der Waals surface area (Å²) in [5, 5.41) is 0. The molecule has 1 amide bonds. The fraction of sp³-hybridized carbons (Fsp3) is 0.333. The maximum Gasteiger partial charge on any atom is 0.414 e. The van der Waals surface area contributed by atoms with Gasteiger partial charge in [0.25, 0.3) is 0 Å². The van der Waals surface area contributed by atoms with Gasteiger partial charge in [-0.1, -0.05) is 6.92 Å². The van der Waals surface area contributed by atoms with Gasteiger partial charge in [0.15, 0.2) is 0 Å². The van der Waals surface area contributed by atoms with Crippen molar-refractivity contribution in [3.05, 3.63) is 29.8 Å². The van der Waals surface area contributed by atoms with Crippen LogP contribution in [-0.4, -0.2) is 25.0 Å². The Morgan fingerprint density at radius 3 is 2.69 bits per heavy atom. The summed E-state index contributed by atoms with van der Waals surface area (Å²) in [6.07, 6.45) is 1.32. The molecule has 0 N–H and O–H groups in total. The molecule has 2 rings (SSSR count). The maximum absolute atomic E-state index is 11.5. The lowest BCUT2D eigenvalue weighted by Crippen LogP contribution is -2.32.